The van der Waals surface area contributed by atoms with Crippen LogP contribution >= 0.6 is 0 Å². The molecule has 2 aromatic heterocycles. The fourth-order valence-corrected chi connectivity index (χ4v) is 4.16. The molecule has 0 bridgehead atoms. The molecule has 4 aromatic rings. The molecule has 2 amide bonds. The number of carbonyl (C=O) groups excluding carboxylic acids is 3. The molecule has 0 atom stereocenters. The van der Waals surface area contributed by atoms with Gasteiger partial charge in [-0.3, -0.25) is 0 Å². The minimum Gasteiger partial charge on any atom is -0.456 e. The van der Waals surface area contributed by atoms with Crippen molar-refractivity contribution in [3.8, 4) is 0 Å². The Morgan fingerprint density at radius 2 is 1.45 bits per heavy atom. The van der Waals surface area contributed by atoms with E-state index in [0.717, 1.165) is 5.01 Å². The first-order chi connectivity index (χ1) is 20.6. The molecule has 0 aliphatic heterocycles. The van der Waals surface area contributed by atoms with Crippen LogP contribution in [0.2, 0.25) is 0 Å². The second-order valence-corrected chi connectivity index (χ2v) is 12.0. The molecular weight excluding hydrogens is 574 g/mol. The first-order valence-corrected chi connectivity index (χ1v) is 13.8. The summed E-state index contributed by atoms with van der Waals surface area (Å²) in [6, 6.07) is 16.1. The Labute approximate surface area is 253 Å². The molecule has 1 N–H and O–H groups in total. The second-order valence-electron chi connectivity index (χ2n) is 12.0. The molecule has 0 spiro atoms. The number of nitrogens with zero attached hydrogens (tertiary/aromatic N) is 3. The van der Waals surface area contributed by atoms with E-state index in [0.29, 0.717) is 16.6 Å². The predicted molar refractivity (Wildman–Crippen MR) is 159 cm³/mol. The van der Waals surface area contributed by atoms with Crippen molar-refractivity contribution in [2.75, 3.05) is 5.01 Å². The molecule has 4 rings (SSSR count). The van der Waals surface area contributed by atoms with Gasteiger partial charge in [0.15, 0.2) is 5.82 Å². The molecule has 0 fully saturated rings. The maximum atomic E-state index is 14.0. The third kappa shape index (κ3) is 8.52. The number of esters is 1. The Balaban J connectivity index is 1.74. The molecule has 0 aliphatic rings. The van der Waals surface area contributed by atoms with Crippen LogP contribution in [-0.2, 0) is 27.4 Å². The van der Waals surface area contributed by atoms with E-state index in [-0.39, 0.29) is 30.2 Å². The quantitative estimate of drug-likeness (QED) is 0.144. The molecule has 232 valence electrons. The lowest BCUT2D eigenvalue weighted by atomic mass is 10.2. The average Bonchev–Trinajstić information content (AvgIpc) is 3.26. The summed E-state index contributed by atoms with van der Waals surface area (Å²) in [4.78, 5) is 43.6. The molecule has 2 aromatic carbocycles. The molecule has 0 unspecified atom stereocenters. The summed E-state index contributed by atoms with van der Waals surface area (Å²) in [7, 11) is 0. The summed E-state index contributed by atoms with van der Waals surface area (Å²) in [6.07, 6.45) is -1.85. The molecule has 0 saturated carbocycles. The van der Waals surface area contributed by atoms with Gasteiger partial charge in [-0.2, -0.15) is 5.01 Å². The van der Waals surface area contributed by atoms with Crippen molar-refractivity contribution >= 4 is 35.0 Å². The minimum atomic E-state index is -0.927. The van der Waals surface area contributed by atoms with Crippen molar-refractivity contribution in [3.63, 3.8) is 0 Å². The Morgan fingerprint density at radius 3 is 2.07 bits per heavy atom. The number of fused-ring (bicyclic) bond motifs is 1. The minimum absolute atomic E-state index is 0.0276. The number of hydrogen-bond acceptors (Lipinski definition) is 7. The second kappa shape index (κ2) is 12.7. The third-order valence-electron chi connectivity index (χ3n) is 5.85. The molecular formula is C32H34F2N4O6. The van der Waals surface area contributed by atoms with Crippen LogP contribution in [0.5, 0.6) is 0 Å². The van der Waals surface area contributed by atoms with Gasteiger partial charge in [0, 0.05) is 6.54 Å². The predicted octanol–water partition coefficient (Wildman–Crippen LogP) is 6.90. The number of anilines is 1. The summed E-state index contributed by atoms with van der Waals surface area (Å²) >= 11 is 0. The topological polar surface area (TPSA) is 112 Å². The van der Waals surface area contributed by atoms with E-state index >= 15 is 0 Å². The Morgan fingerprint density at radius 1 is 0.841 bits per heavy atom. The number of nitrogens with one attached hydrogen (secondary N) is 1. The van der Waals surface area contributed by atoms with Crippen molar-refractivity contribution in [2.24, 2.45) is 0 Å². The Bertz CT molecular complexity index is 1690. The lowest BCUT2D eigenvalue weighted by Crippen LogP contribution is -2.50. The monoisotopic (exact) mass is 608 g/mol. The Hall–Kier alpha value is -5.00. The SMILES string of the molecule is CC(C)(C)OC(=O)NN(C(=O)OC(C)(C)C)c1ccc2c(cc(C(=O)OCc3cccc(F)c3)n2Cc2cccc(F)c2)n1. The molecule has 0 saturated heterocycles. The van der Waals surface area contributed by atoms with Crippen LogP contribution in [-0.4, -0.2) is 38.9 Å². The fraction of sp³-hybridized carbons (Fsp3) is 0.312. The highest BCUT2D eigenvalue weighted by atomic mass is 19.1. The van der Waals surface area contributed by atoms with Gasteiger partial charge in [-0.05, 0) is 95.1 Å². The van der Waals surface area contributed by atoms with E-state index in [4.69, 9.17) is 14.2 Å². The van der Waals surface area contributed by atoms with E-state index in [1.165, 1.54) is 42.5 Å². The number of hydrazine groups is 1. The average molecular weight is 609 g/mol. The summed E-state index contributed by atoms with van der Waals surface area (Å²) in [5.41, 5.74) is 2.43. The van der Waals surface area contributed by atoms with Gasteiger partial charge in [0.2, 0.25) is 0 Å². The van der Waals surface area contributed by atoms with Crippen molar-refractivity contribution in [3.05, 3.63) is 95.2 Å². The van der Waals surface area contributed by atoms with Crippen molar-refractivity contribution < 1.29 is 37.4 Å². The van der Waals surface area contributed by atoms with E-state index in [1.54, 1.807) is 70.4 Å². The van der Waals surface area contributed by atoms with Gasteiger partial charge in [0.05, 0.1) is 11.0 Å². The first-order valence-electron chi connectivity index (χ1n) is 13.8. The lowest BCUT2D eigenvalue weighted by Gasteiger charge is -2.28. The number of aromatic nitrogens is 2. The summed E-state index contributed by atoms with van der Waals surface area (Å²) in [5, 5.41) is 0.810. The maximum absolute atomic E-state index is 14.0. The molecule has 12 heteroatoms. The summed E-state index contributed by atoms with van der Waals surface area (Å²) in [5.74, 6) is -1.68. The molecule has 0 aliphatic carbocycles. The van der Waals surface area contributed by atoms with Gasteiger partial charge < -0.3 is 18.8 Å². The van der Waals surface area contributed by atoms with Gasteiger partial charge in [-0.25, -0.2) is 33.6 Å². The normalized spacial score (nSPS) is 11.6. The smallest absolute Gasteiger partial charge is 0.435 e. The number of amides is 2. The lowest BCUT2D eigenvalue weighted by molar-refractivity contribution is 0.0424. The Kier molecular flexibility index (Phi) is 9.22. The molecule has 10 nitrogen and oxygen atoms in total. The van der Waals surface area contributed by atoms with Crippen molar-refractivity contribution in [2.45, 2.75) is 65.9 Å². The van der Waals surface area contributed by atoms with Crippen LogP contribution in [0.4, 0.5) is 24.2 Å². The highest BCUT2D eigenvalue weighted by Crippen LogP contribution is 2.25. The molecule has 44 heavy (non-hydrogen) atoms. The van der Waals surface area contributed by atoms with E-state index in [1.807, 2.05) is 0 Å². The molecule has 2 heterocycles. The van der Waals surface area contributed by atoms with Crippen LogP contribution in [0.1, 0.15) is 63.2 Å². The van der Waals surface area contributed by atoms with E-state index in [9.17, 15) is 23.2 Å². The van der Waals surface area contributed by atoms with Crippen molar-refractivity contribution in [1.82, 2.24) is 15.0 Å². The fourth-order valence-electron chi connectivity index (χ4n) is 4.16. The third-order valence-corrected chi connectivity index (χ3v) is 5.85. The van der Waals surface area contributed by atoms with Crippen LogP contribution in [0, 0.1) is 11.6 Å². The van der Waals surface area contributed by atoms with Crippen LogP contribution in [0.15, 0.2) is 66.7 Å². The van der Waals surface area contributed by atoms with Crippen molar-refractivity contribution in [1.29, 1.82) is 0 Å². The summed E-state index contributed by atoms with van der Waals surface area (Å²) in [6.45, 7) is 9.91. The zero-order chi connectivity index (χ0) is 32.2. The van der Waals surface area contributed by atoms with Crippen LogP contribution in [0.3, 0.4) is 0 Å². The number of carbonyl (C=O) groups is 3. The van der Waals surface area contributed by atoms with Crippen LogP contribution in [0.25, 0.3) is 11.0 Å². The van der Waals surface area contributed by atoms with Gasteiger partial charge >= 0.3 is 18.2 Å². The van der Waals surface area contributed by atoms with Gasteiger partial charge in [0.25, 0.3) is 0 Å². The molecule has 0 radical (unpaired) electrons. The van der Waals surface area contributed by atoms with Gasteiger partial charge in [0.1, 0.15) is 35.1 Å². The number of hydrogen-bond donors (Lipinski definition) is 1. The first kappa shape index (κ1) is 31.9. The highest BCUT2D eigenvalue weighted by molar-refractivity contribution is 5.96. The van der Waals surface area contributed by atoms with E-state index in [2.05, 4.69) is 10.4 Å². The standard InChI is InChI=1S/C32H34F2N4O6/c1-31(2,3)43-29(40)36-38(30(41)44-32(4,5)6)27-14-13-25-24(35-27)17-26(37(25)18-20-9-7-11-22(33)15-20)28(39)42-19-21-10-8-12-23(34)16-21/h7-17H,18-19H2,1-6H3,(H,36,40). The van der Waals surface area contributed by atoms with E-state index < -0.39 is 41.0 Å². The zero-order valence-electron chi connectivity index (χ0n) is 25.3. The maximum Gasteiger partial charge on any atom is 0.435 e. The largest absolute Gasteiger partial charge is 0.456 e. The number of rotatable bonds is 6. The highest BCUT2D eigenvalue weighted by Gasteiger charge is 2.29. The number of ether oxygens (including phenoxy) is 3. The van der Waals surface area contributed by atoms with Gasteiger partial charge in [-0.15, -0.1) is 0 Å². The summed E-state index contributed by atoms with van der Waals surface area (Å²) < 4.78 is 45.5. The number of benzene rings is 2. The van der Waals surface area contributed by atoms with Gasteiger partial charge in [-0.1, -0.05) is 24.3 Å². The zero-order valence-corrected chi connectivity index (χ0v) is 25.3. The number of pyridine rings is 1. The number of halogens is 2. The van der Waals surface area contributed by atoms with Crippen LogP contribution < -0.4 is 10.4 Å².